The molecule has 258 valence electrons. The Balaban J connectivity index is 1.12. The maximum absolute atomic E-state index is 11.7. The van der Waals surface area contributed by atoms with Crippen LogP contribution in [0.4, 0.5) is 5.69 Å². The fraction of sp³-hybridized carbons (Fsp3) is 0.343. The number of amides is 1. The predicted molar refractivity (Wildman–Crippen MR) is 187 cm³/mol. The number of imidazole rings is 1. The van der Waals surface area contributed by atoms with Crippen LogP contribution in [0, 0.1) is 0 Å². The average Bonchev–Trinajstić information content (AvgIpc) is 3.68. The molecule has 2 aliphatic heterocycles. The number of ether oxygens (including phenoxy) is 4. The van der Waals surface area contributed by atoms with Gasteiger partial charge in [0.1, 0.15) is 43.9 Å². The number of anilines is 1. The van der Waals surface area contributed by atoms with Crippen LogP contribution >= 0.6 is 46.4 Å². The Hall–Kier alpha value is -3.51. The van der Waals surface area contributed by atoms with Crippen molar-refractivity contribution in [1.29, 1.82) is 0 Å². The second kappa shape index (κ2) is 15.2. The van der Waals surface area contributed by atoms with E-state index in [0.29, 0.717) is 41.0 Å². The van der Waals surface area contributed by atoms with Gasteiger partial charge in [-0.3, -0.25) is 9.59 Å². The van der Waals surface area contributed by atoms with Crippen molar-refractivity contribution in [1.82, 2.24) is 9.47 Å². The van der Waals surface area contributed by atoms with Crippen LogP contribution in [0.15, 0.2) is 73.3 Å². The minimum atomic E-state index is -1.21. The number of esters is 1. The molecule has 0 N–H and O–H groups in total. The van der Waals surface area contributed by atoms with Gasteiger partial charge in [-0.1, -0.05) is 52.5 Å². The molecule has 0 saturated carbocycles. The first-order valence-electron chi connectivity index (χ1n) is 15.7. The lowest BCUT2D eigenvalue weighted by atomic mass is 10.1. The van der Waals surface area contributed by atoms with Crippen LogP contribution in [0.2, 0.25) is 20.1 Å². The number of hydrogen-bond donors (Lipinski definition) is 0. The van der Waals surface area contributed by atoms with Gasteiger partial charge in [0.05, 0.1) is 21.7 Å². The van der Waals surface area contributed by atoms with Gasteiger partial charge in [-0.05, 0) is 54.1 Å². The third kappa shape index (κ3) is 8.45. The molecule has 1 aromatic heterocycles. The summed E-state index contributed by atoms with van der Waals surface area (Å²) in [5, 5.41) is 1.42. The third-order valence-corrected chi connectivity index (χ3v) is 9.48. The maximum Gasteiger partial charge on any atom is 0.308 e. The number of carbonyl (C=O) groups is 2. The molecule has 0 bridgehead atoms. The minimum absolute atomic E-state index is 0.110. The molecule has 0 spiro atoms. The quantitative estimate of drug-likeness (QED) is 0.106. The van der Waals surface area contributed by atoms with Crippen molar-refractivity contribution >= 4 is 64.0 Å². The minimum Gasteiger partial charge on any atom is -0.491 e. The summed E-state index contributed by atoms with van der Waals surface area (Å²) >= 11 is 25.6. The second-order valence-electron chi connectivity index (χ2n) is 12.0. The molecule has 4 aromatic rings. The second-order valence-corrected chi connectivity index (χ2v) is 13.6. The van der Waals surface area contributed by atoms with Gasteiger partial charge < -0.3 is 28.7 Å². The van der Waals surface area contributed by atoms with Gasteiger partial charge in [-0.25, -0.2) is 9.13 Å². The molecule has 14 heteroatoms. The van der Waals surface area contributed by atoms with E-state index in [2.05, 4.69) is 4.90 Å². The highest BCUT2D eigenvalue weighted by atomic mass is 35.5. The number of rotatable bonds is 10. The Morgan fingerprint density at radius 2 is 1.65 bits per heavy atom. The number of carbonyl (C=O) groups excluding carboxylic acids is 2. The molecule has 1 amide bonds. The Kier molecular flexibility index (Phi) is 10.9. The zero-order chi connectivity index (χ0) is 34.7. The lowest BCUT2D eigenvalue weighted by Gasteiger charge is -2.35. The van der Waals surface area contributed by atoms with Gasteiger partial charge in [0, 0.05) is 56.3 Å². The van der Waals surface area contributed by atoms with Crippen LogP contribution in [0.25, 0.3) is 0 Å². The van der Waals surface area contributed by atoms with Crippen molar-refractivity contribution in [3.8, 4) is 11.5 Å². The van der Waals surface area contributed by atoms with E-state index >= 15 is 0 Å². The summed E-state index contributed by atoms with van der Waals surface area (Å²) in [5.74, 6) is -0.759. The number of halogens is 4. The molecular formula is C35H35Cl4N4O6+. The smallest absolute Gasteiger partial charge is 0.308 e. The summed E-state index contributed by atoms with van der Waals surface area (Å²) in [4.78, 5) is 27.2. The number of nitrogens with zero attached hydrogens (tertiary/aromatic N) is 4. The number of benzene rings is 3. The highest BCUT2D eigenvalue weighted by Gasteiger charge is 2.47. The van der Waals surface area contributed by atoms with Crippen molar-refractivity contribution in [2.75, 3.05) is 44.3 Å². The van der Waals surface area contributed by atoms with Gasteiger partial charge in [-0.2, -0.15) is 0 Å². The van der Waals surface area contributed by atoms with Crippen LogP contribution in [0.3, 0.4) is 0 Å². The Morgan fingerprint density at radius 1 is 0.939 bits per heavy atom. The van der Waals surface area contributed by atoms with Gasteiger partial charge in [-0.15, -0.1) is 0 Å². The maximum atomic E-state index is 11.7. The largest absolute Gasteiger partial charge is 0.491 e. The van der Waals surface area contributed by atoms with E-state index in [4.69, 9.17) is 65.4 Å². The summed E-state index contributed by atoms with van der Waals surface area (Å²) in [7, 11) is 0. The van der Waals surface area contributed by atoms with Crippen LogP contribution in [0.1, 0.15) is 25.0 Å². The molecule has 3 heterocycles. The Bertz CT molecular complexity index is 1810. The first-order valence-corrected chi connectivity index (χ1v) is 17.2. The van der Waals surface area contributed by atoms with Crippen molar-refractivity contribution in [2.45, 2.75) is 38.8 Å². The fourth-order valence-electron chi connectivity index (χ4n) is 6.00. The van der Waals surface area contributed by atoms with E-state index in [0.717, 1.165) is 24.3 Å². The Morgan fingerprint density at radius 3 is 2.31 bits per heavy atom. The van der Waals surface area contributed by atoms with E-state index < -0.39 is 11.8 Å². The summed E-state index contributed by atoms with van der Waals surface area (Å²) in [5.41, 5.74) is 2.55. The molecule has 2 aliphatic rings. The molecule has 2 fully saturated rings. The van der Waals surface area contributed by atoms with Gasteiger partial charge in [0.25, 0.3) is 0 Å². The first-order chi connectivity index (χ1) is 23.5. The molecule has 2 atom stereocenters. The van der Waals surface area contributed by atoms with E-state index in [1.54, 1.807) is 31.2 Å². The van der Waals surface area contributed by atoms with Gasteiger partial charge in [0.15, 0.2) is 5.75 Å². The summed E-state index contributed by atoms with van der Waals surface area (Å²) in [6.07, 6.45) is 5.33. The van der Waals surface area contributed by atoms with Crippen molar-refractivity contribution in [2.24, 2.45) is 0 Å². The number of hydrogen-bond acceptors (Lipinski definition) is 7. The highest BCUT2D eigenvalue weighted by Crippen LogP contribution is 2.41. The van der Waals surface area contributed by atoms with Crippen molar-refractivity contribution < 1.29 is 33.1 Å². The molecule has 2 saturated heterocycles. The lowest BCUT2D eigenvalue weighted by molar-refractivity contribution is -0.688. The molecular weight excluding hydrogens is 714 g/mol. The van der Waals surface area contributed by atoms with E-state index in [1.807, 2.05) is 63.1 Å². The highest BCUT2D eigenvalue weighted by molar-refractivity contribution is 6.37. The number of aromatic nitrogens is 2. The van der Waals surface area contributed by atoms with E-state index in [9.17, 15) is 9.59 Å². The topological polar surface area (TPSA) is 86.4 Å². The average molecular weight is 749 g/mol. The zero-order valence-corrected chi connectivity index (χ0v) is 29.9. The van der Waals surface area contributed by atoms with E-state index in [1.165, 1.54) is 6.92 Å². The molecule has 0 radical (unpaired) electrons. The monoisotopic (exact) mass is 747 g/mol. The van der Waals surface area contributed by atoms with Crippen LogP contribution < -0.4 is 18.9 Å². The first kappa shape index (κ1) is 35.3. The van der Waals surface area contributed by atoms with E-state index in [-0.39, 0.29) is 47.6 Å². The summed E-state index contributed by atoms with van der Waals surface area (Å²) < 4.78 is 28.2. The molecule has 10 nitrogen and oxygen atoms in total. The van der Waals surface area contributed by atoms with Gasteiger partial charge >= 0.3 is 5.97 Å². The SMILES string of the molecule is CC(=O)Oc1c(Cl)cc(C[n+]2ccn(C[C@]3(c4ccc(Cl)cc4Cl)OC[C@H](COc4ccc(N5CCN(C(C)=O)CC5)cc4)O3)c2)cc1Cl. The lowest BCUT2D eigenvalue weighted by Crippen LogP contribution is -2.48. The molecule has 6 rings (SSSR count). The van der Waals surface area contributed by atoms with Crippen LogP contribution in [0.5, 0.6) is 11.5 Å². The Labute approximate surface area is 304 Å². The molecule has 49 heavy (non-hydrogen) atoms. The zero-order valence-electron chi connectivity index (χ0n) is 26.9. The standard InChI is InChI=1S/C35H35Cl4N4O6/c1-23(44)42-11-13-43(14-12-42)27-4-6-28(7-5-27)46-19-29-20-47-35(49-29,30-8-3-26(36)17-31(30)37)21-41-10-9-40(22-41)18-25-15-32(38)34(33(39)16-25)48-24(2)45/h3-10,15-17,22,29H,11-14,18-21H2,1-2H3/q+1/t29-,35-/m0/s1. The summed E-state index contributed by atoms with van der Waals surface area (Å²) in [6.45, 7) is 7.19. The molecule has 0 unspecified atom stereocenters. The van der Waals surface area contributed by atoms with Crippen molar-refractivity contribution in [3.63, 3.8) is 0 Å². The molecule has 3 aromatic carbocycles. The number of piperazine rings is 1. The third-order valence-electron chi connectivity index (χ3n) is 8.37. The van der Waals surface area contributed by atoms with Crippen LogP contribution in [-0.4, -0.2) is 66.8 Å². The molecule has 0 aliphatic carbocycles. The summed E-state index contributed by atoms with van der Waals surface area (Å²) in [6, 6.07) is 16.6. The van der Waals surface area contributed by atoms with Gasteiger partial charge in [0.2, 0.25) is 18.0 Å². The predicted octanol–water partition coefficient (Wildman–Crippen LogP) is 6.38. The normalized spacial score (nSPS) is 19.3. The van der Waals surface area contributed by atoms with Crippen LogP contribution in [-0.2, 0) is 37.9 Å². The fourth-order valence-corrected chi connectivity index (χ4v) is 7.16. The van der Waals surface area contributed by atoms with Crippen molar-refractivity contribution in [3.05, 3.63) is 105 Å².